The molecule has 0 heterocycles. The van der Waals surface area contributed by atoms with Crippen molar-refractivity contribution in [2.75, 3.05) is 19.6 Å². The minimum absolute atomic E-state index is 0.886. The van der Waals surface area contributed by atoms with Crippen molar-refractivity contribution in [2.45, 2.75) is 50.6 Å². The predicted octanol–water partition coefficient (Wildman–Crippen LogP) is 1.61. The Bertz CT molecular complexity index is 192. The second-order valence-electron chi connectivity index (χ2n) is 5.40. The van der Waals surface area contributed by atoms with E-state index in [1.807, 2.05) is 0 Å². The van der Waals surface area contributed by atoms with E-state index >= 15 is 0 Å². The van der Waals surface area contributed by atoms with E-state index in [1.54, 1.807) is 0 Å². The van der Waals surface area contributed by atoms with Crippen LogP contribution in [0.3, 0.4) is 0 Å². The van der Waals surface area contributed by atoms with Gasteiger partial charge in [0, 0.05) is 31.7 Å². The second-order valence-corrected chi connectivity index (χ2v) is 5.40. The Morgan fingerprint density at radius 1 is 1.00 bits per heavy atom. The molecule has 0 aliphatic heterocycles. The molecule has 3 fully saturated rings. The fourth-order valence-electron chi connectivity index (χ4n) is 2.19. The summed E-state index contributed by atoms with van der Waals surface area (Å²) < 4.78 is 0. The first-order valence-corrected chi connectivity index (χ1v) is 6.39. The van der Waals surface area contributed by atoms with Gasteiger partial charge in [-0.2, -0.15) is 0 Å². The molecule has 2 heteroatoms. The molecular weight excluding hydrogens is 172 g/mol. The number of nitrogens with zero attached hydrogens (tertiary/aromatic N) is 1. The highest BCUT2D eigenvalue weighted by atomic mass is 15.2. The van der Waals surface area contributed by atoms with Gasteiger partial charge in [0.2, 0.25) is 0 Å². The SMILES string of the molecule is C(CN(CC1CC1)C1CC1)NC1CC1. The molecule has 3 saturated carbocycles. The second kappa shape index (κ2) is 3.82. The minimum Gasteiger partial charge on any atom is -0.313 e. The van der Waals surface area contributed by atoms with E-state index in [9.17, 15) is 0 Å². The van der Waals surface area contributed by atoms with E-state index in [0.717, 1.165) is 18.0 Å². The Morgan fingerprint density at radius 3 is 2.36 bits per heavy atom. The van der Waals surface area contributed by atoms with Crippen LogP contribution in [0.15, 0.2) is 0 Å². The quantitative estimate of drug-likeness (QED) is 0.662. The molecule has 0 aromatic heterocycles. The molecule has 0 amide bonds. The normalized spacial score (nSPS) is 27.2. The summed E-state index contributed by atoms with van der Waals surface area (Å²) in [4.78, 5) is 2.74. The van der Waals surface area contributed by atoms with Gasteiger partial charge in [-0.25, -0.2) is 0 Å². The standard InChI is InChI=1S/C12H22N2/c1-2-10(1)9-14(12-5-6-12)8-7-13-11-3-4-11/h10-13H,1-9H2. The molecule has 0 aromatic rings. The van der Waals surface area contributed by atoms with Gasteiger partial charge >= 0.3 is 0 Å². The fourth-order valence-corrected chi connectivity index (χ4v) is 2.19. The smallest absolute Gasteiger partial charge is 0.0110 e. The summed E-state index contributed by atoms with van der Waals surface area (Å²) in [6, 6.07) is 1.86. The Balaban J connectivity index is 1.36. The van der Waals surface area contributed by atoms with Crippen LogP contribution < -0.4 is 5.32 Å². The zero-order valence-electron chi connectivity index (χ0n) is 9.04. The van der Waals surface area contributed by atoms with Crippen LogP contribution in [0.25, 0.3) is 0 Å². The maximum Gasteiger partial charge on any atom is 0.0110 e. The molecule has 3 aliphatic rings. The molecular formula is C12H22N2. The molecule has 3 aliphatic carbocycles. The largest absolute Gasteiger partial charge is 0.313 e. The third-order valence-electron chi connectivity index (χ3n) is 3.66. The van der Waals surface area contributed by atoms with Crippen molar-refractivity contribution in [3.05, 3.63) is 0 Å². The molecule has 0 radical (unpaired) electrons. The third kappa shape index (κ3) is 2.71. The molecule has 0 saturated heterocycles. The molecule has 0 atom stereocenters. The van der Waals surface area contributed by atoms with Crippen LogP contribution in [-0.2, 0) is 0 Å². The Labute approximate surface area is 87.0 Å². The van der Waals surface area contributed by atoms with Gasteiger partial charge < -0.3 is 5.32 Å². The lowest BCUT2D eigenvalue weighted by Gasteiger charge is -2.21. The molecule has 0 aromatic carbocycles. The summed E-state index contributed by atoms with van der Waals surface area (Å²) >= 11 is 0. The number of hydrogen-bond acceptors (Lipinski definition) is 2. The molecule has 80 valence electrons. The number of hydrogen-bond donors (Lipinski definition) is 1. The van der Waals surface area contributed by atoms with Gasteiger partial charge in [0.05, 0.1) is 0 Å². The summed E-state index contributed by atoms with van der Waals surface area (Å²) in [7, 11) is 0. The van der Waals surface area contributed by atoms with Gasteiger partial charge in [-0.05, 0) is 44.4 Å². The summed E-state index contributed by atoms with van der Waals surface area (Å²) in [5.74, 6) is 1.07. The van der Waals surface area contributed by atoms with Gasteiger partial charge in [-0.1, -0.05) is 0 Å². The Kier molecular flexibility index (Phi) is 2.50. The fraction of sp³-hybridized carbons (Fsp3) is 1.00. The van der Waals surface area contributed by atoms with Crippen LogP contribution >= 0.6 is 0 Å². The lowest BCUT2D eigenvalue weighted by Crippen LogP contribution is -2.35. The van der Waals surface area contributed by atoms with Crippen molar-refractivity contribution in [3.8, 4) is 0 Å². The van der Waals surface area contributed by atoms with Crippen molar-refractivity contribution in [2.24, 2.45) is 5.92 Å². The molecule has 2 nitrogen and oxygen atoms in total. The summed E-state index contributed by atoms with van der Waals surface area (Å²) in [6.45, 7) is 3.93. The monoisotopic (exact) mass is 194 g/mol. The summed E-state index contributed by atoms with van der Waals surface area (Å²) in [6.07, 6.45) is 8.78. The molecule has 0 bridgehead atoms. The lowest BCUT2D eigenvalue weighted by molar-refractivity contribution is 0.252. The third-order valence-corrected chi connectivity index (χ3v) is 3.66. The number of rotatable bonds is 7. The van der Waals surface area contributed by atoms with Crippen molar-refractivity contribution >= 4 is 0 Å². The molecule has 1 N–H and O–H groups in total. The average Bonchev–Trinajstić information content (AvgIpc) is 2.92. The summed E-state index contributed by atoms with van der Waals surface area (Å²) in [5.41, 5.74) is 0. The van der Waals surface area contributed by atoms with Crippen molar-refractivity contribution in [3.63, 3.8) is 0 Å². The maximum absolute atomic E-state index is 3.62. The molecule has 0 spiro atoms. The predicted molar refractivity (Wildman–Crippen MR) is 58.3 cm³/mol. The number of nitrogens with one attached hydrogen (secondary N) is 1. The minimum atomic E-state index is 0.886. The van der Waals surface area contributed by atoms with Gasteiger partial charge in [-0.15, -0.1) is 0 Å². The molecule has 0 unspecified atom stereocenters. The van der Waals surface area contributed by atoms with E-state index in [0.29, 0.717) is 0 Å². The van der Waals surface area contributed by atoms with Crippen molar-refractivity contribution < 1.29 is 0 Å². The lowest BCUT2D eigenvalue weighted by atomic mass is 10.3. The van der Waals surface area contributed by atoms with Crippen LogP contribution in [0.1, 0.15) is 38.5 Å². The first-order valence-electron chi connectivity index (χ1n) is 6.39. The highest BCUT2D eigenvalue weighted by Gasteiger charge is 2.33. The van der Waals surface area contributed by atoms with Gasteiger partial charge in [0.25, 0.3) is 0 Å². The van der Waals surface area contributed by atoms with E-state index in [4.69, 9.17) is 0 Å². The van der Waals surface area contributed by atoms with Gasteiger partial charge in [0.1, 0.15) is 0 Å². The van der Waals surface area contributed by atoms with Crippen LogP contribution in [0.4, 0.5) is 0 Å². The van der Waals surface area contributed by atoms with E-state index < -0.39 is 0 Å². The Morgan fingerprint density at radius 2 is 1.79 bits per heavy atom. The first-order chi connectivity index (χ1) is 6.92. The average molecular weight is 194 g/mol. The first kappa shape index (κ1) is 9.17. The van der Waals surface area contributed by atoms with Crippen molar-refractivity contribution in [1.82, 2.24) is 10.2 Å². The topological polar surface area (TPSA) is 15.3 Å². The van der Waals surface area contributed by atoms with E-state index in [2.05, 4.69) is 10.2 Å². The van der Waals surface area contributed by atoms with E-state index in [1.165, 1.54) is 58.2 Å². The van der Waals surface area contributed by atoms with E-state index in [-0.39, 0.29) is 0 Å². The van der Waals surface area contributed by atoms with Crippen molar-refractivity contribution in [1.29, 1.82) is 0 Å². The van der Waals surface area contributed by atoms with Gasteiger partial charge in [0.15, 0.2) is 0 Å². The zero-order chi connectivity index (χ0) is 9.38. The molecule has 3 rings (SSSR count). The zero-order valence-corrected chi connectivity index (χ0v) is 9.04. The van der Waals surface area contributed by atoms with Crippen LogP contribution in [0, 0.1) is 5.92 Å². The molecule has 14 heavy (non-hydrogen) atoms. The van der Waals surface area contributed by atoms with Crippen LogP contribution in [-0.4, -0.2) is 36.6 Å². The summed E-state index contributed by atoms with van der Waals surface area (Å²) in [5, 5.41) is 3.62. The van der Waals surface area contributed by atoms with Crippen LogP contribution in [0.5, 0.6) is 0 Å². The van der Waals surface area contributed by atoms with Gasteiger partial charge in [-0.3, -0.25) is 4.90 Å². The Hall–Kier alpha value is -0.0800. The maximum atomic E-state index is 3.62. The highest BCUT2D eigenvalue weighted by molar-refractivity contribution is 4.89. The van der Waals surface area contributed by atoms with Crippen LogP contribution in [0.2, 0.25) is 0 Å². The highest BCUT2D eigenvalue weighted by Crippen LogP contribution is 2.34.